The molecule has 10 heteroatoms. The second-order valence-corrected chi connectivity index (χ2v) is 13.4. The molecule has 0 aliphatic heterocycles. The largest absolute Gasteiger partial charge is 0.459 e. The predicted molar refractivity (Wildman–Crippen MR) is 201 cm³/mol. The molecule has 0 radical (unpaired) electrons. The number of pyridine rings is 1. The minimum atomic E-state index is -0.928. The molecule has 10 nitrogen and oxygen atoms in total. The fourth-order valence-corrected chi connectivity index (χ4v) is 6.40. The Labute approximate surface area is 315 Å². The third-order valence-corrected chi connectivity index (χ3v) is 9.48. The monoisotopic (exact) mass is 729 g/mol. The Morgan fingerprint density at radius 2 is 1.60 bits per heavy atom. The van der Waals surface area contributed by atoms with E-state index in [0.29, 0.717) is 41.5 Å². The Morgan fingerprint density at radius 1 is 0.925 bits per heavy atom. The van der Waals surface area contributed by atoms with E-state index >= 15 is 0 Å². The van der Waals surface area contributed by atoms with Gasteiger partial charge >= 0.3 is 17.9 Å². The number of allylic oxidation sites excluding steroid dienone is 2. The summed E-state index contributed by atoms with van der Waals surface area (Å²) in [5.74, 6) is 3.74. The van der Waals surface area contributed by atoms with Crippen molar-refractivity contribution >= 4 is 17.9 Å². The Kier molecular flexibility index (Phi) is 19.4. The van der Waals surface area contributed by atoms with Crippen molar-refractivity contribution in [1.82, 2.24) is 4.98 Å². The van der Waals surface area contributed by atoms with Gasteiger partial charge in [0.15, 0.2) is 18.0 Å². The van der Waals surface area contributed by atoms with E-state index in [0.717, 1.165) is 44.9 Å². The molecule has 1 fully saturated rings. The van der Waals surface area contributed by atoms with Gasteiger partial charge in [-0.1, -0.05) is 67.2 Å². The van der Waals surface area contributed by atoms with E-state index < -0.39 is 30.1 Å². The summed E-state index contributed by atoms with van der Waals surface area (Å²) < 4.78 is 27.2. The highest BCUT2D eigenvalue weighted by Crippen LogP contribution is 2.38. The first kappa shape index (κ1) is 42.9. The molecule has 0 spiro atoms. The SMILES string of the molecule is C#CCOC(C)C(=O)OCc1cnc(C)c(OC(=O)CCC/C=C\C[C@H]2CC[C@@H](O)[C@@H]2CCCCCc2ccccc2)c1COC(=O)C(C)OCC#C. The van der Waals surface area contributed by atoms with Gasteiger partial charge in [-0.05, 0) is 89.5 Å². The molecule has 1 aliphatic carbocycles. The average molecular weight is 730 g/mol. The highest BCUT2D eigenvalue weighted by molar-refractivity contribution is 5.75. The van der Waals surface area contributed by atoms with Gasteiger partial charge in [0.25, 0.3) is 0 Å². The van der Waals surface area contributed by atoms with Crippen LogP contribution in [0, 0.1) is 43.4 Å². The molecule has 0 bridgehead atoms. The number of hydrogen-bond acceptors (Lipinski definition) is 10. The summed E-state index contributed by atoms with van der Waals surface area (Å²) in [6.45, 7) is 4.04. The van der Waals surface area contributed by atoms with Crippen LogP contribution in [-0.2, 0) is 53.0 Å². The fraction of sp³-hybridized carbons (Fsp3) is 0.535. The van der Waals surface area contributed by atoms with Crippen LogP contribution in [0.2, 0.25) is 0 Å². The highest BCUT2D eigenvalue weighted by atomic mass is 16.6. The van der Waals surface area contributed by atoms with Gasteiger partial charge in [-0.2, -0.15) is 0 Å². The summed E-state index contributed by atoms with van der Waals surface area (Å²) in [5, 5.41) is 10.6. The van der Waals surface area contributed by atoms with E-state index in [9.17, 15) is 19.5 Å². The van der Waals surface area contributed by atoms with Gasteiger partial charge in [0.2, 0.25) is 0 Å². The smallest absolute Gasteiger partial charge is 0.335 e. The topological polar surface area (TPSA) is 130 Å². The lowest BCUT2D eigenvalue weighted by molar-refractivity contribution is -0.158. The number of carbonyl (C=O) groups is 3. The molecule has 1 aliphatic rings. The minimum Gasteiger partial charge on any atom is -0.459 e. The number of hydrogen-bond donors (Lipinski definition) is 1. The average Bonchev–Trinajstić information content (AvgIpc) is 3.51. The van der Waals surface area contributed by atoms with Crippen molar-refractivity contribution in [2.45, 2.75) is 123 Å². The zero-order chi connectivity index (χ0) is 38.4. The molecule has 0 amide bonds. The van der Waals surface area contributed by atoms with E-state index in [1.165, 1.54) is 32.0 Å². The number of ether oxygens (including phenoxy) is 5. The van der Waals surface area contributed by atoms with Crippen molar-refractivity contribution in [1.29, 1.82) is 0 Å². The second-order valence-electron chi connectivity index (χ2n) is 13.4. The predicted octanol–water partition coefficient (Wildman–Crippen LogP) is 6.77. The van der Waals surface area contributed by atoms with Gasteiger partial charge in [0, 0.05) is 23.7 Å². The normalized spacial score (nSPS) is 17.8. The van der Waals surface area contributed by atoms with Gasteiger partial charge in [-0.3, -0.25) is 9.78 Å². The molecule has 1 aromatic heterocycles. The van der Waals surface area contributed by atoms with E-state index in [1.807, 2.05) is 6.07 Å². The molecule has 1 aromatic carbocycles. The first-order valence-corrected chi connectivity index (χ1v) is 18.6. The van der Waals surface area contributed by atoms with E-state index in [2.05, 4.69) is 53.2 Å². The lowest BCUT2D eigenvalue weighted by atomic mass is 9.87. The van der Waals surface area contributed by atoms with Gasteiger partial charge < -0.3 is 28.8 Å². The van der Waals surface area contributed by atoms with Crippen molar-refractivity contribution < 1.29 is 43.2 Å². The fourth-order valence-electron chi connectivity index (χ4n) is 6.40. The number of unbranched alkanes of at least 4 members (excludes halogenated alkanes) is 3. The molecule has 1 heterocycles. The van der Waals surface area contributed by atoms with Crippen molar-refractivity contribution in [2.75, 3.05) is 13.2 Å². The second kappa shape index (κ2) is 24.0. The molecule has 3 rings (SSSR count). The molecule has 2 unspecified atom stereocenters. The minimum absolute atomic E-state index is 0.0549. The molecule has 2 aromatic rings. The summed E-state index contributed by atoms with van der Waals surface area (Å²) in [4.78, 5) is 42.4. The number of aliphatic hydroxyl groups excluding tert-OH is 1. The van der Waals surface area contributed by atoms with Gasteiger partial charge in [-0.15, -0.1) is 12.8 Å². The van der Waals surface area contributed by atoms with Crippen LogP contribution >= 0.6 is 0 Å². The third-order valence-electron chi connectivity index (χ3n) is 9.48. The van der Waals surface area contributed by atoms with Crippen LogP contribution in [0.3, 0.4) is 0 Å². The van der Waals surface area contributed by atoms with Crippen LogP contribution in [0.1, 0.15) is 100 Å². The van der Waals surface area contributed by atoms with Crippen molar-refractivity contribution in [3.63, 3.8) is 0 Å². The lowest BCUT2D eigenvalue weighted by Gasteiger charge is -2.21. The molecular formula is C43H55NO9. The van der Waals surface area contributed by atoms with Crippen LogP contribution in [0.25, 0.3) is 0 Å². The number of nitrogens with zero attached hydrogens (tertiary/aromatic N) is 1. The molecular weight excluding hydrogens is 674 g/mol. The number of benzene rings is 1. The Morgan fingerprint density at radius 3 is 2.28 bits per heavy atom. The molecule has 1 N–H and O–H groups in total. The maximum absolute atomic E-state index is 13.0. The number of aryl methyl sites for hydroxylation is 2. The summed E-state index contributed by atoms with van der Waals surface area (Å²) >= 11 is 0. The molecule has 53 heavy (non-hydrogen) atoms. The number of esters is 3. The van der Waals surface area contributed by atoms with E-state index in [-0.39, 0.29) is 44.7 Å². The Hall–Kier alpha value is -4.48. The van der Waals surface area contributed by atoms with Gasteiger partial charge in [-0.25, -0.2) is 9.59 Å². The Balaban J connectivity index is 1.52. The molecule has 0 saturated heterocycles. The number of terminal acetylenes is 2. The molecule has 1 saturated carbocycles. The summed E-state index contributed by atoms with van der Waals surface area (Å²) in [6.07, 6.45) is 24.0. The quantitative estimate of drug-likeness (QED) is 0.0567. The standard InChI is InChI=1S/C43H55NO9/c1-6-26-49-32(4)42(47)51-29-36-28-44-31(3)41(38(36)30-52-43(48)33(5)50-27-7-2)53-40(46)23-17-9-8-15-21-35-24-25-39(45)37(35)22-16-11-14-20-34-18-12-10-13-19-34/h1-2,8,10,12-13,15,18-19,28,32-33,35,37,39,45H,9,11,14,16-17,20-27,29-30H2,3-5H3/b15-8-/t32?,33?,35-,37+,39+/m0/s1. The van der Waals surface area contributed by atoms with Crippen LogP contribution in [0.4, 0.5) is 0 Å². The van der Waals surface area contributed by atoms with Gasteiger partial charge in [0.1, 0.15) is 26.4 Å². The van der Waals surface area contributed by atoms with Crippen LogP contribution in [-0.4, -0.2) is 59.5 Å². The maximum atomic E-state index is 13.0. The van der Waals surface area contributed by atoms with Gasteiger partial charge in [0.05, 0.1) is 11.8 Å². The third kappa shape index (κ3) is 15.2. The van der Waals surface area contributed by atoms with E-state index in [1.54, 1.807) is 6.92 Å². The van der Waals surface area contributed by atoms with Crippen molar-refractivity contribution in [2.24, 2.45) is 11.8 Å². The lowest BCUT2D eigenvalue weighted by Crippen LogP contribution is -2.25. The zero-order valence-corrected chi connectivity index (χ0v) is 31.4. The first-order valence-electron chi connectivity index (χ1n) is 18.6. The summed E-state index contributed by atoms with van der Waals surface area (Å²) in [6, 6.07) is 10.6. The number of carbonyl (C=O) groups excluding carboxylic acids is 3. The Bertz CT molecular complexity index is 1560. The van der Waals surface area contributed by atoms with Crippen LogP contribution in [0.15, 0.2) is 48.7 Å². The maximum Gasteiger partial charge on any atom is 0.335 e. The summed E-state index contributed by atoms with van der Waals surface area (Å²) in [7, 11) is 0. The number of aliphatic hydroxyl groups is 1. The van der Waals surface area contributed by atoms with E-state index in [4.69, 9.17) is 36.5 Å². The zero-order valence-electron chi connectivity index (χ0n) is 31.4. The van der Waals surface area contributed by atoms with Crippen LogP contribution in [0.5, 0.6) is 5.75 Å². The van der Waals surface area contributed by atoms with Crippen molar-refractivity contribution in [3.8, 4) is 30.4 Å². The number of aromatic nitrogens is 1. The summed E-state index contributed by atoms with van der Waals surface area (Å²) in [5.41, 5.74) is 2.48. The first-order chi connectivity index (χ1) is 25.6. The molecule has 5 atom stereocenters. The molecule has 286 valence electrons. The van der Waals surface area contributed by atoms with Crippen LogP contribution < -0.4 is 4.74 Å². The number of rotatable bonds is 23. The highest BCUT2D eigenvalue weighted by Gasteiger charge is 2.33. The van der Waals surface area contributed by atoms with Crippen molar-refractivity contribution in [3.05, 3.63) is 71.1 Å².